The van der Waals surface area contributed by atoms with Crippen molar-refractivity contribution in [3.63, 3.8) is 0 Å². The van der Waals surface area contributed by atoms with Gasteiger partial charge in [0.25, 0.3) is 0 Å². The smallest absolute Gasteiger partial charge is 0.326 e. The van der Waals surface area contributed by atoms with Gasteiger partial charge in [0.05, 0.1) is 0 Å². The van der Waals surface area contributed by atoms with Gasteiger partial charge in [-0.1, -0.05) is 20.3 Å². The number of nitrogens with zero attached hydrogens (tertiary/aromatic N) is 1. The zero-order valence-electron chi connectivity index (χ0n) is 9.40. The maximum absolute atomic E-state index is 11.7. The molecule has 4 heteroatoms. The molecule has 0 bridgehead atoms. The molecule has 0 aliphatic carbocycles. The van der Waals surface area contributed by atoms with Crippen LogP contribution in [0.25, 0.3) is 0 Å². The molecule has 0 aromatic carbocycles. The third-order valence-corrected chi connectivity index (χ3v) is 2.83. The zero-order chi connectivity index (χ0) is 11.4. The Morgan fingerprint density at radius 1 is 1.33 bits per heavy atom. The number of carbonyl (C=O) groups is 2. The molecule has 1 amide bonds. The average molecular weight is 213 g/mol. The summed E-state index contributed by atoms with van der Waals surface area (Å²) >= 11 is 0. The zero-order valence-corrected chi connectivity index (χ0v) is 9.40. The minimum atomic E-state index is -0.889. The standard InChI is InChI=1S/C11H19NO3/c1-8(2)10(11(14)15)12-7-5-3-4-6-9(12)13/h8,10H,3-7H2,1-2H3,(H,14,15). The predicted octanol–water partition coefficient (Wildman–Crippen LogP) is 1.50. The van der Waals surface area contributed by atoms with Crippen molar-refractivity contribution < 1.29 is 14.7 Å². The maximum Gasteiger partial charge on any atom is 0.326 e. The molecular weight excluding hydrogens is 194 g/mol. The molecule has 15 heavy (non-hydrogen) atoms. The van der Waals surface area contributed by atoms with Gasteiger partial charge < -0.3 is 10.0 Å². The van der Waals surface area contributed by atoms with Crippen LogP contribution in [0.4, 0.5) is 0 Å². The summed E-state index contributed by atoms with van der Waals surface area (Å²) in [6, 6.07) is -0.657. The van der Waals surface area contributed by atoms with Crippen LogP contribution in [0.1, 0.15) is 39.5 Å². The van der Waals surface area contributed by atoms with E-state index in [1.54, 1.807) is 4.90 Å². The summed E-state index contributed by atoms with van der Waals surface area (Å²) in [7, 11) is 0. The highest BCUT2D eigenvalue weighted by Crippen LogP contribution is 2.18. The Morgan fingerprint density at radius 2 is 2.00 bits per heavy atom. The molecule has 1 aliphatic heterocycles. The summed E-state index contributed by atoms with van der Waals surface area (Å²) in [4.78, 5) is 24.4. The Morgan fingerprint density at radius 3 is 2.53 bits per heavy atom. The molecular formula is C11H19NO3. The number of hydrogen-bond donors (Lipinski definition) is 1. The van der Waals surface area contributed by atoms with Gasteiger partial charge in [0.2, 0.25) is 5.91 Å². The minimum Gasteiger partial charge on any atom is -0.480 e. The van der Waals surface area contributed by atoms with Crippen molar-refractivity contribution >= 4 is 11.9 Å². The van der Waals surface area contributed by atoms with Gasteiger partial charge in [-0.05, 0) is 18.8 Å². The fourth-order valence-corrected chi connectivity index (χ4v) is 2.08. The van der Waals surface area contributed by atoms with Crippen LogP contribution in [-0.2, 0) is 9.59 Å². The van der Waals surface area contributed by atoms with Crippen LogP contribution in [0.15, 0.2) is 0 Å². The van der Waals surface area contributed by atoms with Gasteiger partial charge in [-0.3, -0.25) is 4.79 Å². The Balaban J connectivity index is 2.80. The third-order valence-electron chi connectivity index (χ3n) is 2.83. The molecule has 0 radical (unpaired) electrons. The van der Waals surface area contributed by atoms with Crippen LogP contribution >= 0.6 is 0 Å². The van der Waals surface area contributed by atoms with Gasteiger partial charge in [0.1, 0.15) is 6.04 Å². The number of aliphatic carboxylic acids is 1. The number of likely N-dealkylation sites (tertiary alicyclic amines) is 1. The third kappa shape index (κ3) is 2.94. The largest absolute Gasteiger partial charge is 0.480 e. The Bertz CT molecular complexity index is 250. The summed E-state index contributed by atoms with van der Waals surface area (Å²) in [5.74, 6) is -0.932. The normalized spacial score (nSPS) is 20.2. The lowest BCUT2D eigenvalue weighted by molar-refractivity contribution is -0.152. The molecule has 1 saturated heterocycles. The SMILES string of the molecule is CC(C)C(C(=O)O)N1CCCCCC1=O. The highest BCUT2D eigenvalue weighted by molar-refractivity contribution is 5.84. The van der Waals surface area contributed by atoms with Crippen molar-refractivity contribution in [1.82, 2.24) is 4.90 Å². The van der Waals surface area contributed by atoms with Gasteiger partial charge in [-0.2, -0.15) is 0 Å². The van der Waals surface area contributed by atoms with E-state index >= 15 is 0 Å². The monoisotopic (exact) mass is 213 g/mol. The van der Waals surface area contributed by atoms with Crippen molar-refractivity contribution in [2.45, 2.75) is 45.6 Å². The van der Waals surface area contributed by atoms with Crippen molar-refractivity contribution in [2.75, 3.05) is 6.54 Å². The number of hydrogen-bond acceptors (Lipinski definition) is 2. The molecule has 1 fully saturated rings. The molecule has 1 aliphatic rings. The minimum absolute atomic E-state index is 0.00593. The Hall–Kier alpha value is -1.06. The first-order valence-electron chi connectivity index (χ1n) is 5.56. The van der Waals surface area contributed by atoms with Crippen molar-refractivity contribution in [2.24, 2.45) is 5.92 Å². The van der Waals surface area contributed by atoms with E-state index in [1.807, 2.05) is 13.8 Å². The summed E-state index contributed by atoms with van der Waals surface area (Å²) in [6.07, 6.45) is 3.32. The first-order valence-corrected chi connectivity index (χ1v) is 5.56. The fourth-order valence-electron chi connectivity index (χ4n) is 2.08. The molecule has 0 aromatic rings. The highest BCUT2D eigenvalue weighted by Gasteiger charge is 2.32. The Kier molecular flexibility index (Phi) is 4.12. The van der Waals surface area contributed by atoms with Crippen molar-refractivity contribution in [1.29, 1.82) is 0 Å². The quantitative estimate of drug-likeness (QED) is 0.772. The van der Waals surface area contributed by atoms with Crippen molar-refractivity contribution in [3.8, 4) is 0 Å². The number of carboxylic acids is 1. The molecule has 86 valence electrons. The van der Waals surface area contributed by atoms with Gasteiger partial charge in [-0.15, -0.1) is 0 Å². The lowest BCUT2D eigenvalue weighted by atomic mass is 10.0. The molecule has 1 N–H and O–H groups in total. The van der Waals surface area contributed by atoms with Crippen LogP contribution in [0.5, 0.6) is 0 Å². The molecule has 1 unspecified atom stereocenters. The van der Waals surface area contributed by atoms with E-state index in [0.717, 1.165) is 19.3 Å². The van der Waals surface area contributed by atoms with E-state index in [9.17, 15) is 9.59 Å². The molecule has 1 rings (SSSR count). The molecule has 1 atom stereocenters. The summed E-state index contributed by atoms with van der Waals surface area (Å²) in [5, 5.41) is 9.11. The first kappa shape index (κ1) is 12.0. The molecule has 0 aromatic heterocycles. The van der Waals surface area contributed by atoms with Crippen LogP contribution < -0.4 is 0 Å². The summed E-state index contributed by atoms with van der Waals surface area (Å²) in [6.45, 7) is 4.28. The van der Waals surface area contributed by atoms with E-state index in [-0.39, 0.29) is 11.8 Å². The van der Waals surface area contributed by atoms with Crippen LogP contribution in [-0.4, -0.2) is 34.5 Å². The van der Waals surface area contributed by atoms with E-state index < -0.39 is 12.0 Å². The van der Waals surface area contributed by atoms with Gasteiger partial charge in [-0.25, -0.2) is 4.79 Å². The van der Waals surface area contributed by atoms with E-state index in [1.165, 1.54) is 0 Å². The van der Waals surface area contributed by atoms with Crippen LogP contribution in [0, 0.1) is 5.92 Å². The van der Waals surface area contributed by atoms with Gasteiger partial charge in [0, 0.05) is 13.0 Å². The van der Waals surface area contributed by atoms with Gasteiger partial charge >= 0.3 is 5.97 Å². The summed E-state index contributed by atoms with van der Waals surface area (Å²) in [5.41, 5.74) is 0. The lowest BCUT2D eigenvalue weighted by Crippen LogP contribution is -2.47. The number of amides is 1. The van der Waals surface area contributed by atoms with E-state index in [4.69, 9.17) is 5.11 Å². The fraction of sp³-hybridized carbons (Fsp3) is 0.818. The molecule has 0 saturated carbocycles. The number of rotatable bonds is 3. The number of carboxylic acid groups (broad SMARTS) is 1. The van der Waals surface area contributed by atoms with Crippen molar-refractivity contribution in [3.05, 3.63) is 0 Å². The second kappa shape index (κ2) is 5.14. The van der Waals surface area contributed by atoms with Crippen LogP contribution in [0.2, 0.25) is 0 Å². The second-order valence-electron chi connectivity index (χ2n) is 4.42. The van der Waals surface area contributed by atoms with Gasteiger partial charge in [0.15, 0.2) is 0 Å². The van der Waals surface area contributed by atoms with E-state index in [2.05, 4.69) is 0 Å². The van der Waals surface area contributed by atoms with Crippen LogP contribution in [0.3, 0.4) is 0 Å². The lowest BCUT2D eigenvalue weighted by Gasteiger charge is -2.30. The van der Waals surface area contributed by atoms with E-state index in [0.29, 0.717) is 13.0 Å². The highest BCUT2D eigenvalue weighted by atomic mass is 16.4. The second-order valence-corrected chi connectivity index (χ2v) is 4.42. The topological polar surface area (TPSA) is 57.6 Å². The predicted molar refractivity (Wildman–Crippen MR) is 56.4 cm³/mol. The number of carbonyl (C=O) groups excluding carboxylic acids is 1. The Labute approximate surface area is 90.3 Å². The average Bonchev–Trinajstić information content (AvgIpc) is 2.31. The molecule has 4 nitrogen and oxygen atoms in total. The molecule has 1 heterocycles. The molecule has 0 spiro atoms. The first-order chi connectivity index (χ1) is 7.04. The maximum atomic E-state index is 11.7. The summed E-state index contributed by atoms with van der Waals surface area (Å²) < 4.78 is 0.